The molecular weight excluding hydrogens is 398 g/mol. The van der Waals surface area contributed by atoms with Crippen LogP contribution in [0.4, 0.5) is 5.69 Å². The number of aryl methyl sites for hydroxylation is 4. The molecule has 2 amide bonds. The van der Waals surface area contributed by atoms with Crippen LogP contribution in [0.3, 0.4) is 0 Å². The summed E-state index contributed by atoms with van der Waals surface area (Å²) in [5.74, 6) is 1.17. The van der Waals surface area contributed by atoms with E-state index in [4.69, 9.17) is 0 Å². The molecule has 1 aromatic carbocycles. The number of benzene rings is 1. The van der Waals surface area contributed by atoms with Crippen LogP contribution in [-0.4, -0.2) is 70.1 Å². The fourth-order valence-corrected chi connectivity index (χ4v) is 4.44. The number of aromatic nitrogens is 2. The molecule has 0 spiro atoms. The van der Waals surface area contributed by atoms with Gasteiger partial charge in [0.05, 0.1) is 12.3 Å². The largest absolute Gasteiger partial charge is 0.339 e. The Hall–Kier alpha value is -2.45. The summed E-state index contributed by atoms with van der Waals surface area (Å²) in [7, 11) is 0. The molecule has 1 N–H and O–H groups in total. The van der Waals surface area contributed by atoms with E-state index in [0.29, 0.717) is 38.5 Å². The van der Waals surface area contributed by atoms with Gasteiger partial charge in [-0.2, -0.15) is 0 Å². The highest BCUT2D eigenvalue weighted by molar-refractivity contribution is 7.99. The number of nitrogens with zero attached hydrogens (tertiary/aromatic N) is 4. The third-order valence-corrected chi connectivity index (χ3v) is 6.02. The van der Waals surface area contributed by atoms with E-state index in [9.17, 15) is 9.59 Å². The number of para-hydroxylation sites is 1. The van der Waals surface area contributed by atoms with E-state index in [0.717, 1.165) is 33.4 Å². The lowest BCUT2D eigenvalue weighted by Gasteiger charge is -2.34. The zero-order valence-electron chi connectivity index (χ0n) is 18.1. The van der Waals surface area contributed by atoms with Gasteiger partial charge in [-0.3, -0.25) is 14.5 Å². The molecule has 7 nitrogen and oxygen atoms in total. The number of hydrogen-bond donors (Lipinski definition) is 1. The molecule has 0 saturated carbocycles. The van der Waals surface area contributed by atoms with Crippen LogP contribution in [0.25, 0.3) is 0 Å². The zero-order valence-corrected chi connectivity index (χ0v) is 18.9. The van der Waals surface area contributed by atoms with E-state index in [-0.39, 0.29) is 11.8 Å². The second-order valence-electron chi connectivity index (χ2n) is 7.66. The summed E-state index contributed by atoms with van der Waals surface area (Å²) in [6.45, 7) is 10.8. The Bertz CT molecular complexity index is 885. The van der Waals surface area contributed by atoms with Crippen LogP contribution in [0.2, 0.25) is 0 Å². The Morgan fingerprint density at radius 1 is 1.03 bits per heavy atom. The SMILES string of the molecule is Cc1cc(SCC(=O)N2CCN(CC(=O)Nc3c(C)cccc3C)CC2)nc(C)n1. The summed E-state index contributed by atoms with van der Waals surface area (Å²) in [5.41, 5.74) is 3.92. The average Bonchev–Trinajstić information content (AvgIpc) is 2.69. The van der Waals surface area contributed by atoms with Crippen molar-refractivity contribution in [2.45, 2.75) is 32.7 Å². The minimum atomic E-state index is -0.0165. The van der Waals surface area contributed by atoms with Crippen molar-refractivity contribution in [1.29, 1.82) is 0 Å². The first-order valence-corrected chi connectivity index (χ1v) is 11.1. The molecule has 1 aliphatic heterocycles. The number of thioether (sulfide) groups is 1. The number of carbonyl (C=O) groups excluding carboxylic acids is 2. The van der Waals surface area contributed by atoms with Crippen molar-refractivity contribution in [3.05, 3.63) is 46.9 Å². The minimum absolute atomic E-state index is 0.0165. The van der Waals surface area contributed by atoms with Gasteiger partial charge in [0.1, 0.15) is 10.9 Å². The van der Waals surface area contributed by atoms with E-state index in [1.165, 1.54) is 11.8 Å². The number of carbonyl (C=O) groups is 2. The fourth-order valence-electron chi connectivity index (χ4n) is 3.53. The number of anilines is 1. The van der Waals surface area contributed by atoms with Crippen molar-refractivity contribution in [1.82, 2.24) is 19.8 Å². The summed E-state index contributed by atoms with van der Waals surface area (Å²) in [6.07, 6.45) is 0. The molecule has 1 aromatic heterocycles. The molecule has 2 aromatic rings. The normalized spacial score (nSPS) is 14.6. The van der Waals surface area contributed by atoms with Crippen molar-refractivity contribution in [3.8, 4) is 0 Å². The molecule has 2 heterocycles. The van der Waals surface area contributed by atoms with Crippen LogP contribution in [0.1, 0.15) is 22.6 Å². The third-order valence-electron chi connectivity index (χ3n) is 5.12. The summed E-state index contributed by atoms with van der Waals surface area (Å²) in [4.78, 5) is 37.6. The molecule has 0 bridgehead atoms. The van der Waals surface area contributed by atoms with Gasteiger partial charge in [-0.05, 0) is 44.9 Å². The lowest BCUT2D eigenvalue weighted by Crippen LogP contribution is -2.50. The highest BCUT2D eigenvalue weighted by atomic mass is 32.2. The Balaban J connectivity index is 1.44. The van der Waals surface area contributed by atoms with Crippen LogP contribution >= 0.6 is 11.8 Å². The third kappa shape index (κ3) is 6.03. The van der Waals surface area contributed by atoms with Gasteiger partial charge in [0.15, 0.2) is 0 Å². The first-order valence-electron chi connectivity index (χ1n) is 10.1. The molecule has 3 rings (SSSR count). The quantitative estimate of drug-likeness (QED) is 0.564. The van der Waals surface area contributed by atoms with Crippen LogP contribution in [0.15, 0.2) is 29.3 Å². The number of rotatable bonds is 6. The maximum absolute atomic E-state index is 12.6. The molecule has 1 aliphatic rings. The predicted molar refractivity (Wildman–Crippen MR) is 120 cm³/mol. The standard InChI is InChI=1S/C22H29N5O2S/c1-15-6-5-7-16(2)22(15)25-19(28)13-26-8-10-27(11-9-26)21(29)14-30-20-12-17(3)23-18(4)24-20/h5-7,12H,8-11,13-14H2,1-4H3,(H,25,28). The van der Waals surface area contributed by atoms with Gasteiger partial charge in [-0.15, -0.1) is 0 Å². The maximum atomic E-state index is 12.6. The summed E-state index contributed by atoms with van der Waals surface area (Å²) in [5, 5.41) is 3.86. The minimum Gasteiger partial charge on any atom is -0.339 e. The Morgan fingerprint density at radius 2 is 1.70 bits per heavy atom. The van der Waals surface area contributed by atoms with Crippen molar-refractivity contribution < 1.29 is 9.59 Å². The van der Waals surface area contributed by atoms with E-state index in [1.807, 2.05) is 56.9 Å². The monoisotopic (exact) mass is 427 g/mol. The van der Waals surface area contributed by atoms with Crippen molar-refractivity contribution in [2.75, 3.05) is 43.8 Å². The predicted octanol–water partition coefficient (Wildman–Crippen LogP) is 2.59. The first kappa shape index (κ1) is 22.2. The van der Waals surface area contributed by atoms with E-state index in [2.05, 4.69) is 20.2 Å². The molecule has 160 valence electrons. The Morgan fingerprint density at radius 3 is 2.33 bits per heavy atom. The lowest BCUT2D eigenvalue weighted by molar-refractivity contribution is -0.130. The number of amides is 2. The van der Waals surface area contributed by atoms with Crippen LogP contribution < -0.4 is 5.32 Å². The molecule has 1 saturated heterocycles. The molecule has 1 fully saturated rings. The van der Waals surface area contributed by atoms with Gasteiger partial charge in [0.25, 0.3) is 0 Å². The van der Waals surface area contributed by atoms with Gasteiger partial charge >= 0.3 is 0 Å². The lowest BCUT2D eigenvalue weighted by atomic mass is 10.1. The first-order chi connectivity index (χ1) is 14.3. The summed E-state index contributed by atoms with van der Waals surface area (Å²) in [6, 6.07) is 7.88. The van der Waals surface area contributed by atoms with E-state index >= 15 is 0 Å². The topological polar surface area (TPSA) is 78.4 Å². The number of nitrogens with one attached hydrogen (secondary N) is 1. The molecule has 0 aliphatic carbocycles. The molecule has 30 heavy (non-hydrogen) atoms. The molecule has 0 atom stereocenters. The molecule has 8 heteroatoms. The average molecular weight is 428 g/mol. The van der Waals surface area contributed by atoms with Gasteiger partial charge in [-0.1, -0.05) is 30.0 Å². The highest BCUT2D eigenvalue weighted by Gasteiger charge is 2.23. The Labute approximate surface area is 182 Å². The van der Waals surface area contributed by atoms with Crippen LogP contribution in [-0.2, 0) is 9.59 Å². The summed E-state index contributed by atoms with van der Waals surface area (Å²) < 4.78 is 0. The molecular formula is C22H29N5O2S. The fraction of sp³-hybridized carbons (Fsp3) is 0.455. The zero-order chi connectivity index (χ0) is 21.7. The maximum Gasteiger partial charge on any atom is 0.238 e. The van der Waals surface area contributed by atoms with Gasteiger partial charge in [0.2, 0.25) is 11.8 Å². The molecule has 0 radical (unpaired) electrons. The van der Waals surface area contributed by atoms with Crippen LogP contribution in [0.5, 0.6) is 0 Å². The summed E-state index contributed by atoms with van der Waals surface area (Å²) >= 11 is 1.45. The number of piperazine rings is 1. The van der Waals surface area contributed by atoms with Crippen molar-refractivity contribution in [3.63, 3.8) is 0 Å². The Kier molecular flexibility index (Phi) is 7.44. The highest BCUT2D eigenvalue weighted by Crippen LogP contribution is 2.20. The second-order valence-corrected chi connectivity index (χ2v) is 8.65. The van der Waals surface area contributed by atoms with Gasteiger partial charge in [-0.25, -0.2) is 9.97 Å². The van der Waals surface area contributed by atoms with E-state index < -0.39 is 0 Å². The smallest absolute Gasteiger partial charge is 0.238 e. The van der Waals surface area contributed by atoms with E-state index in [1.54, 1.807) is 0 Å². The second kappa shape index (κ2) is 10.0. The molecule has 0 unspecified atom stereocenters. The van der Waals surface area contributed by atoms with Gasteiger partial charge in [0, 0.05) is 37.6 Å². The van der Waals surface area contributed by atoms with Gasteiger partial charge < -0.3 is 10.2 Å². The van der Waals surface area contributed by atoms with Crippen LogP contribution in [0, 0.1) is 27.7 Å². The van der Waals surface area contributed by atoms with Crippen molar-refractivity contribution >= 4 is 29.3 Å². The van der Waals surface area contributed by atoms with Crippen molar-refractivity contribution in [2.24, 2.45) is 0 Å². The number of hydrogen-bond acceptors (Lipinski definition) is 6.